The van der Waals surface area contributed by atoms with Crippen LogP contribution in [0.5, 0.6) is 0 Å². The number of aromatic carboxylic acids is 1. The van der Waals surface area contributed by atoms with Crippen LogP contribution < -0.4 is 5.56 Å². The maximum absolute atomic E-state index is 12.1. The fourth-order valence-electron chi connectivity index (χ4n) is 3.04. The monoisotopic (exact) mass is 379 g/mol. The average molecular weight is 380 g/mol. The third-order valence-corrected chi connectivity index (χ3v) is 4.50. The van der Waals surface area contributed by atoms with Crippen molar-refractivity contribution >= 4 is 28.5 Å². The Morgan fingerprint density at radius 3 is 2.70 bits per heavy atom. The van der Waals surface area contributed by atoms with Crippen LogP contribution in [0.2, 0.25) is 5.02 Å². The first-order chi connectivity index (χ1) is 13.0. The highest BCUT2D eigenvalue weighted by Gasteiger charge is 2.13. The molecular weight excluding hydrogens is 366 g/mol. The maximum atomic E-state index is 12.1. The van der Waals surface area contributed by atoms with Crippen molar-refractivity contribution in [2.45, 2.75) is 6.54 Å². The minimum Gasteiger partial charge on any atom is -0.477 e. The molecule has 0 radical (unpaired) electrons. The molecule has 0 aliphatic heterocycles. The summed E-state index contributed by atoms with van der Waals surface area (Å²) < 4.78 is 1.89. The normalized spacial score (nSPS) is 11.0. The molecule has 4 aromatic rings. The number of carboxylic acids is 1. The number of halogens is 1. The van der Waals surface area contributed by atoms with Gasteiger partial charge in [-0.25, -0.2) is 9.78 Å². The van der Waals surface area contributed by atoms with Gasteiger partial charge in [-0.05, 0) is 23.8 Å². The number of carbonyl (C=O) groups is 1. The van der Waals surface area contributed by atoms with E-state index in [0.29, 0.717) is 22.5 Å². The second kappa shape index (κ2) is 6.74. The molecule has 2 N–H and O–H groups in total. The number of benzene rings is 2. The number of imidazole rings is 1. The lowest BCUT2D eigenvalue weighted by molar-refractivity contribution is 0.0695. The number of H-pyrrole nitrogens is 1. The van der Waals surface area contributed by atoms with Gasteiger partial charge in [0.2, 0.25) is 0 Å². The molecule has 0 bridgehead atoms. The van der Waals surface area contributed by atoms with Crippen molar-refractivity contribution in [1.29, 1.82) is 0 Å². The van der Waals surface area contributed by atoms with Gasteiger partial charge in [0, 0.05) is 22.2 Å². The summed E-state index contributed by atoms with van der Waals surface area (Å²) in [6.07, 6.45) is 3.62. The first-order valence-electron chi connectivity index (χ1n) is 8.17. The number of pyridine rings is 1. The molecule has 7 heteroatoms. The van der Waals surface area contributed by atoms with E-state index in [-0.39, 0.29) is 5.56 Å². The molecule has 0 aliphatic carbocycles. The molecule has 2 heterocycles. The lowest BCUT2D eigenvalue weighted by Gasteiger charge is -2.09. The van der Waals surface area contributed by atoms with Crippen molar-refractivity contribution in [2.75, 3.05) is 0 Å². The van der Waals surface area contributed by atoms with Crippen LogP contribution in [-0.4, -0.2) is 25.6 Å². The fourth-order valence-corrected chi connectivity index (χ4v) is 3.29. The van der Waals surface area contributed by atoms with Crippen LogP contribution in [0, 0.1) is 0 Å². The second-order valence-corrected chi connectivity index (χ2v) is 6.58. The second-order valence-electron chi connectivity index (χ2n) is 6.14. The van der Waals surface area contributed by atoms with Gasteiger partial charge in [-0.3, -0.25) is 4.79 Å². The summed E-state index contributed by atoms with van der Waals surface area (Å²) in [6, 6.07) is 14.5. The van der Waals surface area contributed by atoms with Gasteiger partial charge in [0.15, 0.2) is 0 Å². The highest BCUT2D eigenvalue weighted by molar-refractivity contribution is 6.31. The van der Waals surface area contributed by atoms with Crippen molar-refractivity contribution in [3.8, 4) is 11.3 Å². The quantitative estimate of drug-likeness (QED) is 0.564. The Balaban J connectivity index is 1.76. The van der Waals surface area contributed by atoms with E-state index in [4.69, 9.17) is 16.7 Å². The molecule has 0 unspecified atom stereocenters. The summed E-state index contributed by atoms with van der Waals surface area (Å²) in [5.41, 5.74) is 2.21. The third kappa shape index (κ3) is 3.35. The van der Waals surface area contributed by atoms with Crippen LogP contribution in [0.4, 0.5) is 0 Å². The minimum atomic E-state index is -1.28. The van der Waals surface area contributed by atoms with Crippen LogP contribution in [0.3, 0.4) is 0 Å². The summed E-state index contributed by atoms with van der Waals surface area (Å²) in [4.78, 5) is 30.3. The molecule has 0 saturated heterocycles. The molecule has 0 atom stereocenters. The van der Waals surface area contributed by atoms with Crippen molar-refractivity contribution in [3.63, 3.8) is 0 Å². The zero-order valence-electron chi connectivity index (χ0n) is 14.0. The van der Waals surface area contributed by atoms with Crippen LogP contribution in [0.1, 0.15) is 15.9 Å². The molecule has 134 valence electrons. The van der Waals surface area contributed by atoms with Gasteiger partial charge in [-0.1, -0.05) is 41.9 Å². The van der Waals surface area contributed by atoms with Gasteiger partial charge in [0.05, 0.1) is 24.1 Å². The summed E-state index contributed by atoms with van der Waals surface area (Å²) in [7, 11) is 0. The van der Waals surface area contributed by atoms with E-state index in [1.54, 1.807) is 18.5 Å². The summed E-state index contributed by atoms with van der Waals surface area (Å²) in [6.45, 7) is 0.430. The molecule has 27 heavy (non-hydrogen) atoms. The largest absolute Gasteiger partial charge is 0.477 e. The van der Waals surface area contributed by atoms with Gasteiger partial charge in [0.25, 0.3) is 5.56 Å². The Hall–Kier alpha value is -3.38. The highest BCUT2D eigenvalue weighted by atomic mass is 35.5. The maximum Gasteiger partial charge on any atom is 0.341 e. The molecule has 2 aromatic carbocycles. The highest BCUT2D eigenvalue weighted by Crippen LogP contribution is 2.24. The molecule has 0 aliphatic rings. The Morgan fingerprint density at radius 2 is 1.96 bits per heavy atom. The predicted octanol–water partition coefficient (Wildman–Crippen LogP) is 3.79. The SMILES string of the molecule is O=C(O)c1cc2cc(Cl)cc(Cn3cnc(-c4ccccc4)c3)c2[nH]c1=O. The number of rotatable bonds is 4. The van der Waals surface area contributed by atoms with E-state index in [1.165, 1.54) is 6.07 Å². The van der Waals surface area contributed by atoms with Crippen LogP contribution in [-0.2, 0) is 6.54 Å². The molecule has 4 rings (SSSR count). The van der Waals surface area contributed by atoms with Crippen LogP contribution in [0.15, 0.2) is 65.8 Å². The van der Waals surface area contributed by atoms with E-state index in [0.717, 1.165) is 16.8 Å². The van der Waals surface area contributed by atoms with Crippen LogP contribution in [0.25, 0.3) is 22.2 Å². The number of nitrogens with zero attached hydrogens (tertiary/aromatic N) is 2. The Labute approximate surface area is 158 Å². The number of aromatic nitrogens is 3. The van der Waals surface area contributed by atoms with E-state index in [9.17, 15) is 9.59 Å². The average Bonchev–Trinajstić information content (AvgIpc) is 3.11. The first kappa shape index (κ1) is 17.1. The number of fused-ring (bicyclic) bond motifs is 1. The Bertz CT molecular complexity index is 1210. The van der Waals surface area contributed by atoms with Gasteiger partial charge in [0.1, 0.15) is 5.56 Å². The zero-order valence-corrected chi connectivity index (χ0v) is 14.8. The van der Waals surface area contributed by atoms with Crippen molar-refractivity contribution < 1.29 is 9.90 Å². The lowest BCUT2D eigenvalue weighted by Crippen LogP contribution is -2.17. The molecule has 0 saturated carbocycles. The van der Waals surface area contributed by atoms with E-state index >= 15 is 0 Å². The molecule has 0 spiro atoms. The first-order valence-corrected chi connectivity index (χ1v) is 8.55. The molecule has 2 aromatic heterocycles. The van der Waals surface area contributed by atoms with E-state index in [2.05, 4.69) is 9.97 Å². The third-order valence-electron chi connectivity index (χ3n) is 4.28. The van der Waals surface area contributed by atoms with Crippen molar-refractivity contribution in [3.05, 3.63) is 87.6 Å². The minimum absolute atomic E-state index is 0.315. The predicted molar refractivity (Wildman–Crippen MR) is 103 cm³/mol. The van der Waals surface area contributed by atoms with Crippen molar-refractivity contribution in [1.82, 2.24) is 14.5 Å². The number of carboxylic acid groups (broad SMARTS) is 1. The zero-order chi connectivity index (χ0) is 19.0. The summed E-state index contributed by atoms with van der Waals surface area (Å²) in [5.74, 6) is -1.28. The number of aromatic amines is 1. The molecular formula is C20H14ClN3O3. The molecule has 0 fully saturated rings. The van der Waals surface area contributed by atoms with E-state index in [1.807, 2.05) is 41.1 Å². The summed E-state index contributed by atoms with van der Waals surface area (Å²) >= 11 is 6.20. The van der Waals surface area contributed by atoms with Gasteiger partial charge in [-0.15, -0.1) is 0 Å². The van der Waals surface area contributed by atoms with Crippen LogP contribution >= 0.6 is 11.6 Å². The molecule has 0 amide bonds. The Morgan fingerprint density at radius 1 is 1.19 bits per heavy atom. The van der Waals surface area contributed by atoms with Gasteiger partial charge >= 0.3 is 5.97 Å². The topological polar surface area (TPSA) is 88.0 Å². The standard InChI is InChI=1S/C20H14ClN3O3/c21-15-6-13-8-16(20(26)27)19(25)23-18(13)14(7-15)9-24-10-17(22-11-24)12-4-2-1-3-5-12/h1-8,10-11H,9H2,(H,23,25)(H,26,27). The number of nitrogens with one attached hydrogen (secondary N) is 1. The fraction of sp³-hybridized carbons (Fsp3) is 0.0500. The van der Waals surface area contributed by atoms with Gasteiger partial charge < -0.3 is 14.7 Å². The number of hydrogen-bond donors (Lipinski definition) is 2. The Kier molecular flexibility index (Phi) is 4.25. The van der Waals surface area contributed by atoms with E-state index < -0.39 is 11.5 Å². The smallest absolute Gasteiger partial charge is 0.341 e. The van der Waals surface area contributed by atoms with Crippen molar-refractivity contribution in [2.24, 2.45) is 0 Å². The van der Waals surface area contributed by atoms with Gasteiger partial charge in [-0.2, -0.15) is 0 Å². The molecule has 6 nitrogen and oxygen atoms in total. The lowest BCUT2D eigenvalue weighted by atomic mass is 10.1. The summed E-state index contributed by atoms with van der Waals surface area (Å²) in [5, 5.41) is 10.2. The number of hydrogen-bond acceptors (Lipinski definition) is 3.